The predicted molar refractivity (Wildman–Crippen MR) is 126 cm³/mol. The summed E-state index contributed by atoms with van der Waals surface area (Å²) >= 11 is 6.33. The number of nitrogens with one attached hydrogen (secondary N) is 2. The van der Waals surface area contributed by atoms with Gasteiger partial charge in [-0.3, -0.25) is 9.48 Å². The Morgan fingerprint density at radius 2 is 1.97 bits per heavy atom. The molecule has 35 heavy (non-hydrogen) atoms. The Hall–Kier alpha value is -3.93. The van der Waals surface area contributed by atoms with Crippen molar-refractivity contribution in [1.82, 2.24) is 40.2 Å². The van der Waals surface area contributed by atoms with E-state index in [1.807, 2.05) is 20.8 Å². The van der Waals surface area contributed by atoms with Crippen LogP contribution in [0, 0.1) is 5.82 Å². The van der Waals surface area contributed by atoms with Gasteiger partial charge in [0, 0.05) is 24.7 Å². The van der Waals surface area contributed by atoms with Gasteiger partial charge in [-0.2, -0.15) is 15.1 Å². The Kier molecular flexibility index (Phi) is 6.48. The molecule has 11 nitrogen and oxygen atoms in total. The summed E-state index contributed by atoms with van der Waals surface area (Å²) in [6, 6.07) is 4.18. The molecular formula is C22H23ClFN9O2. The van der Waals surface area contributed by atoms with E-state index in [4.69, 9.17) is 16.1 Å². The van der Waals surface area contributed by atoms with Crippen LogP contribution in [-0.4, -0.2) is 40.8 Å². The Morgan fingerprint density at radius 1 is 1.20 bits per heavy atom. The second kappa shape index (κ2) is 9.37. The first-order valence-electron chi connectivity index (χ1n) is 10.6. The number of amides is 1. The third kappa shape index (κ3) is 5.27. The summed E-state index contributed by atoms with van der Waals surface area (Å²) < 4.78 is 22.0. The van der Waals surface area contributed by atoms with Gasteiger partial charge in [0.2, 0.25) is 11.8 Å². The number of halogens is 2. The van der Waals surface area contributed by atoms with Gasteiger partial charge in [0.1, 0.15) is 6.33 Å². The maximum absolute atomic E-state index is 15.2. The summed E-state index contributed by atoms with van der Waals surface area (Å²) in [7, 11) is 1.78. The molecule has 0 aliphatic rings. The van der Waals surface area contributed by atoms with Gasteiger partial charge in [-0.15, -0.1) is 0 Å². The number of carbonyl (C=O) groups is 1. The maximum atomic E-state index is 15.2. The molecule has 1 aromatic carbocycles. The molecule has 4 aromatic rings. The number of hydrogen-bond donors (Lipinski definition) is 2. The molecule has 182 valence electrons. The summed E-state index contributed by atoms with van der Waals surface area (Å²) in [5, 5.41) is 13.4. The average molecular weight is 500 g/mol. The van der Waals surface area contributed by atoms with Crippen LogP contribution >= 0.6 is 11.6 Å². The minimum atomic E-state index is -0.727. The van der Waals surface area contributed by atoms with E-state index in [0.29, 0.717) is 17.3 Å². The molecule has 13 heteroatoms. The van der Waals surface area contributed by atoms with Gasteiger partial charge in [0.15, 0.2) is 17.5 Å². The summed E-state index contributed by atoms with van der Waals surface area (Å²) in [4.78, 5) is 29.1. The first-order chi connectivity index (χ1) is 16.5. The molecule has 0 saturated heterocycles. The van der Waals surface area contributed by atoms with E-state index in [1.54, 1.807) is 37.0 Å². The van der Waals surface area contributed by atoms with Gasteiger partial charge in [-0.25, -0.2) is 14.4 Å². The Bertz CT molecular complexity index is 1380. The molecule has 0 bridgehead atoms. The van der Waals surface area contributed by atoms with E-state index in [-0.39, 0.29) is 28.2 Å². The van der Waals surface area contributed by atoms with Gasteiger partial charge in [-0.05, 0) is 18.6 Å². The normalized spacial score (nSPS) is 12.4. The Morgan fingerprint density at radius 3 is 2.63 bits per heavy atom. The summed E-state index contributed by atoms with van der Waals surface area (Å²) in [5.74, 6) is -0.272. The number of nitrogens with zero attached hydrogens (tertiary/aromatic N) is 7. The molecule has 0 saturated carbocycles. The topological polar surface area (TPSA) is 137 Å². The fraction of sp³-hybridized carbons (Fsp3) is 0.318. The van der Waals surface area contributed by atoms with Crippen LogP contribution in [0.15, 0.2) is 35.2 Å². The zero-order valence-electron chi connectivity index (χ0n) is 19.7. The standard InChI is InChI=1S/C22H23ClFN9O2/c1-11(27-19(34)18-29-20(35-32-18)22(2,3)4)12-6-7-13(16(24)15(12)23)17-25-10-26-21(30-17)28-14-8-9-33(5)31-14/h6-11H,1-5H3,(H,27,34)(H,25,26,28,30,31). The van der Waals surface area contributed by atoms with Gasteiger partial charge in [0.05, 0.1) is 16.6 Å². The van der Waals surface area contributed by atoms with Crippen LogP contribution in [0.25, 0.3) is 11.4 Å². The minimum Gasteiger partial charge on any atom is -0.343 e. The van der Waals surface area contributed by atoms with Crippen molar-refractivity contribution in [3.8, 4) is 11.4 Å². The molecule has 1 amide bonds. The van der Waals surface area contributed by atoms with Crippen molar-refractivity contribution >= 4 is 29.3 Å². The summed E-state index contributed by atoms with van der Waals surface area (Å²) in [5.41, 5.74) is 0.0416. The number of aryl methyl sites for hydroxylation is 1. The molecule has 0 fully saturated rings. The highest BCUT2D eigenvalue weighted by Crippen LogP contribution is 2.32. The molecule has 4 rings (SSSR count). The number of hydrogen-bond acceptors (Lipinski definition) is 9. The van der Waals surface area contributed by atoms with E-state index in [9.17, 15) is 4.79 Å². The fourth-order valence-electron chi connectivity index (χ4n) is 3.11. The maximum Gasteiger partial charge on any atom is 0.293 e. The lowest BCUT2D eigenvalue weighted by molar-refractivity contribution is 0.0926. The van der Waals surface area contributed by atoms with Gasteiger partial charge in [-0.1, -0.05) is 43.6 Å². The van der Waals surface area contributed by atoms with E-state index >= 15 is 4.39 Å². The van der Waals surface area contributed by atoms with Gasteiger partial charge >= 0.3 is 0 Å². The largest absolute Gasteiger partial charge is 0.343 e. The quantitative estimate of drug-likeness (QED) is 0.403. The van der Waals surface area contributed by atoms with Crippen molar-refractivity contribution in [2.24, 2.45) is 7.05 Å². The van der Waals surface area contributed by atoms with E-state index in [0.717, 1.165) is 0 Å². The van der Waals surface area contributed by atoms with Crippen molar-refractivity contribution in [1.29, 1.82) is 0 Å². The number of aromatic nitrogens is 7. The number of carbonyl (C=O) groups excluding carboxylic acids is 1. The molecule has 0 spiro atoms. The molecule has 3 heterocycles. The van der Waals surface area contributed by atoms with Crippen LogP contribution in [0.5, 0.6) is 0 Å². The number of anilines is 2. The van der Waals surface area contributed by atoms with Crippen LogP contribution in [-0.2, 0) is 12.5 Å². The van der Waals surface area contributed by atoms with Crippen LogP contribution in [0.3, 0.4) is 0 Å². The highest BCUT2D eigenvalue weighted by molar-refractivity contribution is 6.32. The number of rotatable bonds is 6. The Labute approximate surface area is 205 Å². The van der Waals surface area contributed by atoms with E-state index in [2.05, 4.69) is 40.8 Å². The van der Waals surface area contributed by atoms with Crippen molar-refractivity contribution < 1.29 is 13.7 Å². The zero-order chi connectivity index (χ0) is 25.3. The summed E-state index contributed by atoms with van der Waals surface area (Å²) in [6.07, 6.45) is 3.01. The lowest BCUT2D eigenvalue weighted by Crippen LogP contribution is -2.28. The Balaban J connectivity index is 1.53. The van der Waals surface area contributed by atoms with Crippen LogP contribution < -0.4 is 10.6 Å². The zero-order valence-corrected chi connectivity index (χ0v) is 20.4. The molecule has 0 radical (unpaired) electrons. The molecule has 1 unspecified atom stereocenters. The molecule has 0 aliphatic carbocycles. The smallest absolute Gasteiger partial charge is 0.293 e. The molecular weight excluding hydrogens is 477 g/mol. The highest BCUT2D eigenvalue weighted by atomic mass is 35.5. The predicted octanol–water partition coefficient (Wildman–Crippen LogP) is 3.98. The SMILES string of the molecule is CC(NC(=O)c1noc(C(C)(C)C)n1)c1ccc(-c2ncnc(Nc3ccn(C)n3)n2)c(F)c1Cl. The second-order valence-electron chi connectivity index (χ2n) is 8.83. The number of benzene rings is 1. The van der Waals surface area contributed by atoms with Crippen LogP contribution in [0.4, 0.5) is 16.2 Å². The highest BCUT2D eigenvalue weighted by Gasteiger charge is 2.26. The molecule has 0 aliphatic heterocycles. The monoisotopic (exact) mass is 499 g/mol. The third-order valence-electron chi connectivity index (χ3n) is 4.96. The molecule has 1 atom stereocenters. The van der Waals surface area contributed by atoms with E-state index in [1.165, 1.54) is 12.4 Å². The van der Waals surface area contributed by atoms with Crippen LogP contribution in [0.2, 0.25) is 5.02 Å². The van der Waals surface area contributed by atoms with Gasteiger partial charge < -0.3 is 15.2 Å². The molecule has 3 aromatic heterocycles. The minimum absolute atomic E-state index is 0.0803. The molecule has 2 N–H and O–H groups in total. The van der Waals surface area contributed by atoms with Gasteiger partial charge in [0.25, 0.3) is 11.7 Å². The van der Waals surface area contributed by atoms with E-state index < -0.39 is 23.2 Å². The summed E-state index contributed by atoms with van der Waals surface area (Å²) in [6.45, 7) is 7.33. The van der Waals surface area contributed by atoms with Crippen LogP contribution in [0.1, 0.15) is 55.8 Å². The van der Waals surface area contributed by atoms with Crippen molar-refractivity contribution in [3.63, 3.8) is 0 Å². The third-order valence-corrected chi connectivity index (χ3v) is 5.35. The lowest BCUT2D eigenvalue weighted by atomic mass is 9.97. The fourth-order valence-corrected chi connectivity index (χ4v) is 3.44. The van der Waals surface area contributed by atoms with Crippen molar-refractivity contribution in [2.45, 2.75) is 39.2 Å². The first-order valence-corrected chi connectivity index (χ1v) is 11.0. The van der Waals surface area contributed by atoms with Crippen molar-refractivity contribution in [2.75, 3.05) is 5.32 Å². The lowest BCUT2D eigenvalue weighted by Gasteiger charge is -2.16. The average Bonchev–Trinajstić information content (AvgIpc) is 3.45. The van der Waals surface area contributed by atoms with Crippen molar-refractivity contribution in [3.05, 3.63) is 58.8 Å². The second-order valence-corrected chi connectivity index (χ2v) is 9.21. The first kappa shape index (κ1) is 24.2.